The Bertz CT molecular complexity index is 567. The molecule has 1 atom stereocenters. The van der Waals surface area contributed by atoms with Gasteiger partial charge in [0, 0.05) is 5.02 Å². The smallest absolute Gasteiger partial charge is 0.319 e. The lowest BCUT2D eigenvalue weighted by Gasteiger charge is -2.27. The van der Waals surface area contributed by atoms with Gasteiger partial charge in [0.1, 0.15) is 5.54 Å². The highest BCUT2D eigenvalue weighted by atomic mass is 127. The minimum Gasteiger partial charge on any atom is -0.319 e. The summed E-state index contributed by atoms with van der Waals surface area (Å²) in [4.78, 5) is 24.6. The van der Waals surface area contributed by atoms with Crippen LogP contribution >= 0.6 is 34.5 Å². The van der Waals surface area contributed by atoms with Crippen molar-refractivity contribution >= 4 is 46.4 Å². The van der Waals surface area contributed by atoms with Gasteiger partial charge >= 0.3 is 6.03 Å². The van der Waals surface area contributed by atoms with Gasteiger partial charge < -0.3 is 5.32 Å². The van der Waals surface area contributed by atoms with E-state index in [4.69, 9.17) is 11.6 Å². The first-order valence-electron chi connectivity index (χ1n) is 7.60. The predicted octanol–water partition coefficient (Wildman–Crippen LogP) is 4.80. The first-order valence-corrected chi connectivity index (χ1v) is 8.94. The Hall–Kier alpha value is -0.820. The van der Waals surface area contributed by atoms with E-state index >= 15 is 0 Å². The summed E-state index contributed by atoms with van der Waals surface area (Å²) < 4.78 is 1.13. The van der Waals surface area contributed by atoms with Crippen LogP contribution in [0.3, 0.4) is 0 Å². The number of nitrogens with zero attached hydrogens (tertiary/aromatic N) is 1. The van der Waals surface area contributed by atoms with E-state index < -0.39 is 5.54 Å². The van der Waals surface area contributed by atoms with Crippen LogP contribution in [-0.4, -0.2) is 15.1 Å². The van der Waals surface area contributed by atoms with Crippen LogP contribution in [0.5, 0.6) is 0 Å². The fraction of sp³-hybridized carbons (Fsp3) is 0.500. The number of rotatable bonds is 7. The van der Waals surface area contributed by atoms with Crippen LogP contribution in [-0.2, 0) is 10.3 Å². The molecule has 1 saturated heterocycles. The molecule has 1 aromatic carbocycles. The molecule has 1 aliphatic heterocycles. The molecule has 1 fully saturated rings. The van der Waals surface area contributed by atoms with Crippen LogP contribution in [0, 0.1) is 0 Å². The normalized spacial score (nSPS) is 21.3. The van der Waals surface area contributed by atoms with Gasteiger partial charge in [-0.1, -0.05) is 62.8 Å². The number of halogens is 2. The molecule has 120 valence electrons. The zero-order chi connectivity index (χ0) is 16.2. The summed E-state index contributed by atoms with van der Waals surface area (Å²) in [6, 6.07) is 6.83. The van der Waals surface area contributed by atoms with Crippen molar-refractivity contribution < 1.29 is 9.59 Å². The number of unbranched alkanes of at least 4 members (excludes halogenated alkanes) is 4. The molecular formula is C16H20ClIN2O2. The molecule has 1 heterocycles. The highest BCUT2D eigenvalue weighted by Gasteiger charge is 2.51. The number of hydrogen-bond acceptors (Lipinski definition) is 2. The monoisotopic (exact) mass is 434 g/mol. The van der Waals surface area contributed by atoms with E-state index in [1.54, 1.807) is 35.0 Å². The van der Waals surface area contributed by atoms with E-state index in [1.165, 1.54) is 12.8 Å². The SMILES string of the molecule is CCCCCCCC1(c2cccc(Cl)c2)NC(=O)N(I)C1=O. The number of carbonyl (C=O) groups is 2. The summed E-state index contributed by atoms with van der Waals surface area (Å²) in [5, 5.41) is 3.44. The Morgan fingerprint density at radius 3 is 2.55 bits per heavy atom. The molecule has 3 amide bonds. The molecule has 1 unspecified atom stereocenters. The number of benzene rings is 1. The summed E-state index contributed by atoms with van der Waals surface area (Å²) in [7, 11) is 0. The van der Waals surface area contributed by atoms with E-state index in [1.807, 2.05) is 12.1 Å². The second kappa shape index (κ2) is 7.64. The Balaban J connectivity index is 2.22. The van der Waals surface area contributed by atoms with Crippen molar-refractivity contribution in [2.75, 3.05) is 0 Å². The molecule has 1 N–H and O–H groups in total. The van der Waals surface area contributed by atoms with Crippen LogP contribution in [0.25, 0.3) is 0 Å². The van der Waals surface area contributed by atoms with Crippen molar-refractivity contribution in [1.29, 1.82) is 0 Å². The molecule has 22 heavy (non-hydrogen) atoms. The van der Waals surface area contributed by atoms with Gasteiger partial charge in [-0.2, -0.15) is 0 Å². The van der Waals surface area contributed by atoms with Crippen LogP contribution < -0.4 is 5.32 Å². The molecule has 1 aromatic rings. The second-order valence-corrected chi connectivity index (χ2v) is 7.00. The number of amides is 3. The van der Waals surface area contributed by atoms with Crippen LogP contribution in [0.2, 0.25) is 5.02 Å². The van der Waals surface area contributed by atoms with Gasteiger partial charge in [-0.3, -0.25) is 4.79 Å². The minimum absolute atomic E-state index is 0.212. The van der Waals surface area contributed by atoms with Gasteiger partial charge in [0.05, 0.1) is 22.9 Å². The van der Waals surface area contributed by atoms with Gasteiger partial charge in [-0.25, -0.2) is 7.91 Å². The number of imide groups is 1. The maximum atomic E-state index is 12.7. The molecule has 0 aliphatic carbocycles. The molecule has 4 nitrogen and oxygen atoms in total. The number of urea groups is 1. The summed E-state index contributed by atoms with van der Waals surface area (Å²) in [5.41, 5.74) is -0.219. The topological polar surface area (TPSA) is 49.4 Å². The molecule has 1 aliphatic rings. The molecule has 2 rings (SSSR count). The van der Waals surface area contributed by atoms with E-state index in [2.05, 4.69) is 12.2 Å². The van der Waals surface area contributed by atoms with Gasteiger partial charge in [0.15, 0.2) is 0 Å². The van der Waals surface area contributed by atoms with Crippen molar-refractivity contribution in [2.45, 2.75) is 51.0 Å². The molecule has 0 radical (unpaired) electrons. The zero-order valence-corrected chi connectivity index (χ0v) is 15.5. The van der Waals surface area contributed by atoms with Gasteiger partial charge in [0.2, 0.25) is 0 Å². The lowest BCUT2D eigenvalue weighted by Crippen LogP contribution is -2.43. The van der Waals surface area contributed by atoms with Crippen molar-refractivity contribution in [3.05, 3.63) is 34.9 Å². The Kier molecular flexibility index (Phi) is 6.09. The molecule has 0 spiro atoms. The highest BCUT2D eigenvalue weighted by Crippen LogP contribution is 2.36. The average molecular weight is 435 g/mol. The lowest BCUT2D eigenvalue weighted by molar-refractivity contribution is -0.127. The Morgan fingerprint density at radius 2 is 1.95 bits per heavy atom. The number of hydrogen-bond donors (Lipinski definition) is 1. The summed E-state index contributed by atoms with van der Waals surface area (Å²) in [5.74, 6) is -0.212. The predicted molar refractivity (Wildman–Crippen MR) is 95.9 cm³/mol. The molecule has 6 heteroatoms. The fourth-order valence-electron chi connectivity index (χ4n) is 2.80. The van der Waals surface area contributed by atoms with Crippen LogP contribution in [0.1, 0.15) is 51.0 Å². The lowest BCUT2D eigenvalue weighted by atomic mass is 9.84. The molecule has 0 aromatic heterocycles. The standard InChI is InChI=1S/C16H20ClIN2O2/c1-2-3-4-5-6-10-16(12-8-7-9-13(17)11-12)14(21)20(18)15(22)19-16/h7-9,11H,2-6,10H2,1H3,(H,19,22). The first-order chi connectivity index (χ1) is 10.5. The number of nitrogens with one attached hydrogen (secondary N) is 1. The van der Waals surface area contributed by atoms with Crippen molar-refractivity contribution in [3.63, 3.8) is 0 Å². The first kappa shape index (κ1) is 17.5. The van der Waals surface area contributed by atoms with Crippen molar-refractivity contribution in [2.24, 2.45) is 0 Å². The van der Waals surface area contributed by atoms with Gasteiger partial charge in [-0.15, -0.1) is 0 Å². The summed E-state index contributed by atoms with van der Waals surface area (Å²) in [6.07, 6.45) is 6.07. The average Bonchev–Trinajstić information content (AvgIpc) is 2.72. The van der Waals surface area contributed by atoms with Gasteiger partial charge in [-0.05, 0) is 24.1 Å². The highest BCUT2D eigenvalue weighted by molar-refractivity contribution is 14.1. The van der Waals surface area contributed by atoms with Crippen molar-refractivity contribution in [1.82, 2.24) is 8.43 Å². The fourth-order valence-corrected chi connectivity index (χ4v) is 3.52. The Labute approximate surface area is 150 Å². The molecular weight excluding hydrogens is 415 g/mol. The number of carbonyl (C=O) groups excluding carboxylic acids is 2. The summed E-state index contributed by atoms with van der Waals surface area (Å²) in [6.45, 7) is 2.17. The van der Waals surface area contributed by atoms with Crippen LogP contribution in [0.15, 0.2) is 24.3 Å². The Morgan fingerprint density at radius 1 is 1.23 bits per heavy atom. The van der Waals surface area contributed by atoms with Crippen molar-refractivity contribution in [3.8, 4) is 0 Å². The van der Waals surface area contributed by atoms with E-state index in [-0.39, 0.29) is 11.9 Å². The maximum absolute atomic E-state index is 12.7. The van der Waals surface area contributed by atoms with E-state index in [0.29, 0.717) is 11.4 Å². The largest absolute Gasteiger partial charge is 0.334 e. The zero-order valence-electron chi connectivity index (χ0n) is 12.6. The van der Waals surface area contributed by atoms with E-state index in [9.17, 15) is 9.59 Å². The third-order valence-electron chi connectivity index (χ3n) is 4.01. The molecule has 0 bridgehead atoms. The van der Waals surface area contributed by atoms with Crippen LogP contribution in [0.4, 0.5) is 4.79 Å². The molecule has 0 saturated carbocycles. The van der Waals surface area contributed by atoms with E-state index in [0.717, 1.165) is 27.9 Å². The third-order valence-corrected chi connectivity index (χ3v) is 5.13. The maximum Gasteiger partial charge on any atom is 0.334 e. The summed E-state index contributed by atoms with van der Waals surface area (Å²) >= 11 is 7.83. The van der Waals surface area contributed by atoms with Gasteiger partial charge in [0.25, 0.3) is 5.91 Å². The third kappa shape index (κ3) is 3.56. The minimum atomic E-state index is -0.977. The second-order valence-electron chi connectivity index (χ2n) is 5.60. The quantitative estimate of drug-likeness (QED) is 0.290.